The van der Waals surface area contributed by atoms with Gasteiger partial charge in [-0.25, -0.2) is 0 Å². The Kier molecular flexibility index (Phi) is 5.85. The predicted molar refractivity (Wildman–Crippen MR) is 98.9 cm³/mol. The maximum atomic E-state index is 12.4. The Hall–Kier alpha value is -2.60. The molecule has 3 nitrogen and oxygen atoms in total. The van der Waals surface area contributed by atoms with Crippen LogP contribution in [0.25, 0.3) is 0 Å². The normalized spacial score (nSPS) is 14.9. The number of carbonyl (C=O) groups is 1. The van der Waals surface area contributed by atoms with E-state index in [9.17, 15) is 4.79 Å². The Balaban J connectivity index is 1.42. The lowest BCUT2D eigenvalue weighted by Crippen LogP contribution is -2.39. The van der Waals surface area contributed by atoms with Crippen LogP contribution in [0.3, 0.4) is 0 Å². The molecule has 3 rings (SSSR count). The first-order chi connectivity index (χ1) is 12.2. The molecule has 0 aromatic heterocycles. The van der Waals surface area contributed by atoms with E-state index < -0.39 is 0 Å². The molecule has 1 amide bonds. The average molecular weight is 332 g/mol. The van der Waals surface area contributed by atoms with Crippen LogP contribution in [-0.4, -0.2) is 23.9 Å². The highest BCUT2D eigenvalue weighted by molar-refractivity contribution is 5.76. The smallest absolute Gasteiger partial charge is 0.222 e. The predicted octanol–water partition coefficient (Wildman–Crippen LogP) is 3.97. The van der Waals surface area contributed by atoms with Gasteiger partial charge < -0.3 is 4.90 Å². The molecule has 2 aromatic carbocycles. The molecule has 1 aliphatic rings. The van der Waals surface area contributed by atoms with Crippen molar-refractivity contribution in [1.29, 1.82) is 5.26 Å². The third-order valence-electron chi connectivity index (χ3n) is 5.05. The molecule has 1 fully saturated rings. The average Bonchev–Trinajstić information content (AvgIpc) is 2.68. The quantitative estimate of drug-likeness (QED) is 0.831. The van der Waals surface area contributed by atoms with Crippen molar-refractivity contribution in [2.24, 2.45) is 5.92 Å². The fourth-order valence-electron chi connectivity index (χ4n) is 3.49. The molecule has 1 heterocycles. The van der Waals surface area contributed by atoms with Gasteiger partial charge in [-0.1, -0.05) is 42.5 Å². The molecule has 0 aliphatic carbocycles. The van der Waals surface area contributed by atoms with E-state index in [0.717, 1.165) is 44.3 Å². The molecule has 0 radical (unpaired) electrons. The number of rotatable bonds is 5. The molecule has 2 aromatic rings. The van der Waals surface area contributed by atoms with Gasteiger partial charge in [0, 0.05) is 19.5 Å². The summed E-state index contributed by atoms with van der Waals surface area (Å²) in [5.74, 6) is 0.937. The van der Waals surface area contributed by atoms with E-state index >= 15 is 0 Å². The zero-order valence-electron chi connectivity index (χ0n) is 14.5. The van der Waals surface area contributed by atoms with Gasteiger partial charge in [0.1, 0.15) is 0 Å². The minimum atomic E-state index is 0.252. The number of amides is 1. The molecule has 0 N–H and O–H groups in total. The van der Waals surface area contributed by atoms with Gasteiger partial charge in [0.2, 0.25) is 5.91 Å². The highest BCUT2D eigenvalue weighted by atomic mass is 16.2. The van der Waals surface area contributed by atoms with Gasteiger partial charge in [-0.05, 0) is 54.9 Å². The molecule has 1 aliphatic heterocycles. The molecule has 0 atom stereocenters. The number of hydrogen-bond donors (Lipinski definition) is 0. The van der Waals surface area contributed by atoms with Crippen molar-refractivity contribution in [3.8, 4) is 6.07 Å². The summed E-state index contributed by atoms with van der Waals surface area (Å²) in [6.45, 7) is 1.76. The number of likely N-dealkylation sites (tertiary alicyclic amines) is 1. The Bertz CT molecular complexity index is 723. The fraction of sp³-hybridized carbons (Fsp3) is 0.364. The van der Waals surface area contributed by atoms with Gasteiger partial charge >= 0.3 is 0 Å². The van der Waals surface area contributed by atoms with Crippen molar-refractivity contribution in [1.82, 2.24) is 4.90 Å². The molecule has 0 spiro atoms. The zero-order valence-corrected chi connectivity index (χ0v) is 14.5. The summed E-state index contributed by atoms with van der Waals surface area (Å²) in [4.78, 5) is 14.5. The second-order valence-corrected chi connectivity index (χ2v) is 6.82. The first-order valence-corrected chi connectivity index (χ1v) is 9.05. The largest absolute Gasteiger partial charge is 0.343 e. The molecule has 25 heavy (non-hydrogen) atoms. The summed E-state index contributed by atoms with van der Waals surface area (Å²) in [5.41, 5.74) is 3.18. The highest BCUT2D eigenvalue weighted by Crippen LogP contribution is 2.22. The van der Waals surface area contributed by atoms with Crippen molar-refractivity contribution in [2.45, 2.75) is 32.1 Å². The monoisotopic (exact) mass is 332 g/mol. The fourth-order valence-corrected chi connectivity index (χ4v) is 3.49. The first-order valence-electron chi connectivity index (χ1n) is 9.05. The molecule has 3 heteroatoms. The summed E-state index contributed by atoms with van der Waals surface area (Å²) in [6.07, 6.45) is 4.60. The summed E-state index contributed by atoms with van der Waals surface area (Å²) in [5, 5.41) is 8.82. The van der Waals surface area contributed by atoms with Crippen LogP contribution in [-0.2, 0) is 17.6 Å². The molecular formula is C22H24N2O. The van der Waals surface area contributed by atoms with E-state index in [-0.39, 0.29) is 5.91 Å². The number of benzene rings is 2. The SMILES string of the molecule is N#Cc1ccc(CCC(=O)N2CCC(Cc3ccccc3)CC2)cc1. The van der Waals surface area contributed by atoms with E-state index in [1.807, 2.05) is 29.2 Å². The van der Waals surface area contributed by atoms with E-state index in [0.29, 0.717) is 17.9 Å². The minimum absolute atomic E-state index is 0.252. The molecule has 1 saturated heterocycles. The number of hydrogen-bond acceptors (Lipinski definition) is 2. The second-order valence-electron chi connectivity index (χ2n) is 6.82. The summed E-state index contributed by atoms with van der Waals surface area (Å²) in [7, 11) is 0. The third kappa shape index (κ3) is 4.93. The lowest BCUT2D eigenvalue weighted by molar-refractivity contribution is -0.132. The van der Waals surface area contributed by atoms with Crippen LogP contribution in [0.15, 0.2) is 54.6 Å². The van der Waals surface area contributed by atoms with Crippen molar-refractivity contribution < 1.29 is 4.79 Å². The third-order valence-corrected chi connectivity index (χ3v) is 5.05. The maximum Gasteiger partial charge on any atom is 0.222 e. The van der Waals surface area contributed by atoms with Gasteiger partial charge in [-0.3, -0.25) is 4.79 Å². The topological polar surface area (TPSA) is 44.1 Å². The van der Waals surface area contributed by atoms with Gasteiger partial charge in [0.15, 0.2) is 0 Å². The Morgan fingerprint density at radius 1 is 1.00 bits per heavy atom. The second kappa shape index (κ2) is 8.48. The van der Waals surface area contributed by atoms with Crippen LogP contribution in [0.4, 0.5) is 0 Å². The van der Waals surface area contributed by atoms with E-state index in [1.165, 1.54) is 5.56 Å². The standard InChI is InChI=1S/C22H24N2O/c23-17-21-8-6-18(7-9-21)10-11-22(25)24-14-12-20(13-15-24)16-19-4-2-1-3-5-19/h1-9,20H,10-16H2. The highest BCUT2D eigenvalue weighted by Gasteiger charge is 2.22. The Labute approximate surface area is 149 Å². The van der Waals surface area contributed by atoms with Crippen molar-refractivity contribution in [3.63, 3.8) is 0 Å². The molecule has 0 bridgehead atoms. The Morgan fingerprint density at radius 3 is 2.32 bits per heavy atom. The number of piperidine rings is 1. The summed E-state index contributed by atoms with van der Waals surface area (Å²) < 4.78 is 0. The Morgan fingerprint density at radius 2 is 1.68 bits per heavy atom. The molecule has 0 unspecified atom stereocenters. The van der Waals surface area contributed by atoms with Crippen LogP contribution >= 0.6 is 0 Å². The van der Waals surface area contributed by atoms with Crippen molar-refractivity contribution >= 4 is 5.91 Å². The molecular weight excluding hydrogens is 308 g/mol. The van der Waals surface area contributed by atoms with Gasteiger partial charge in [-0.15, -0.1) is 0 Å². The van der Waals surface area contributed by atoms with Gasteiger partial charge in [0.05, 0.1) is 11.6 Å². The van der Waals surface area contributed by atoms with Crippen LogP contribution in [0.1, 0.15) is 36.0 Å². The van der Waals surface area contributed by atoms with Crippen LogP contribution in [0.5, 0.6) is 0 Å². The van der Waals surface area contributed by atoms with Gasteiger partial charge in [-0.2, -0.15) is 5.26 Å². The van der Waals surface area contributed by atoms with E-state index in [1.54, 1.807) is 0 Å². The zero-order chi connectivity index (χ0) is 17.5. The van der Waals surface area contributed by atoms with Crippen LogP contribution in [0, 0.1) is 17.2 Å². The number of nitriles is 1. The number of aryl methyl sites for hydroxylation is 1. The number of nitrogens with zero attached hydrogens (tertiary/aromatic N) is 2. The van der Waals surface area contributed by atoms with E-state index in [2.05, 4.69) is 36.4 Å². The van der Waals surface area contributed by atoms with E-state index in [4.69, 9.17) is 5.26 Å². The maximum absolute atomic E-state index is 12.4. The minimum Gasteiger partial charge on any atom is -0.343 e. The first kappa shape index (κ1) is 17.2. The van der Waals surface area contributed by atoms with Gasteiger partial charge in [0.25, 0.3) is 0 Å². The summed E-state index contributed by atoms with van der Waals surface area (Å²) >= 11 is 0. The lowest BCUT2D eigenvalue weighted by Gasteiger charge is -2.32. The summed E-state index contributed by atoms with van der Waals surface area (Å²) in [6, 6.07) is 20.3. The lowest BCUT2D eigenvalue weighted by atomic mass is 9.90. The molecule has 0 saturated carbocycles. The number of carbonyl (C=O) groups excluding carboxylic acids is 1. The van der Waals surface area contributed by atoms with Crippen molar-refractivity contribution in [3.05, 3.63) is 71.3 Å². The van der Waals surface area contributed by atoms with Crippen LogP contribution < -0.4 is 0 Å². The van der Waals surface area contributed by atoms with Crippen molar-refractivity contribution in [2.75, 3.05) is 13.1 Å². The molecule has 128 valence electrons. The van der Waals surface area contributed by atoms with Crippen LogP contribution in [0.2, 0.25) is 0 Å².